The second-order valence-electron chi connectivity index (χ2n) is 8.16. The molecule has 1 N–H and O–H groups in total. The van der Waals surface area contributed by atoms with Crippen molar-refractivity contribution >= 4 is 6.09 Å². The number of hydrogen-bond donors (Lipinski definition) is 1. The summed E-state index contributed by atoms with van der Waals surface area (Å²) in [5, 5.41) is 3.76. The van der Waals surface area contributed by atoms with Crippen molar-refractivity contribution in [3.63, 3.8) is 0 Å². The van der Waals surface area contributed by atoms with E-state index in [4.69, 9.17) is 4.74 Å². The van der Waals surface area contributed by atoms with Crippen molar-refractivity contribution in [1.82, 2.24) is 15.1 Å². The lowest BCUT2D eigenvalue weighted by Gasteiger charge is -2.36. The van der Waals surface area contributed by atoms with E-state index in [1.54, 1.807) is 0 Å². The van der Waals surface area contributed by atoms with Gasteiger partial charge in [-0.3, -0.25) is 0 Å². The van der Waals surface area contributed by atoms with E-state index in [2.05, 4.69) is 24.1 Å². The van der Waals surface area contributed by atoms with Gasteiger partial charge in [0.15, 0.2) is 0 Å². The Morgan fingerprint density at radius 2 is 2.00 bits per heavy atom. The van der Waals surface area contributed by atoms with Crippen molar-refractivity contribution in [2.24, 2.45) is 5.92 Å². The Hall–Kier alpha value is -0.810. The number of ether oxygens (including phenoxy) is 1. The molecule has 2 rings (SSSR count). The van der Waals surface area contributed by atoms with Crippen molar-refractivity contribution in [2.45, 2.75) is 71.6 Å². The average Bonchev–Trinajstić information content (AvgIpc) is 2.94. The molecule has 134 valence electrons. The normalized spacial score (nSPS) is 28.0. The van der Waals surface area contributed by atoms with Crippen LogP contribution >= 0.6 is 0 Å². The van der Waals surface area contributed by atoms with Gasteiger partial charge in [0.05, 0.1) is 0 Å². The minimum absolute atomic E-state index is 0.177. The molecule has 0 aliphatic carbocycles. The molecule has 1 amide bonds. The van der Waals surface area contributed by atoms with Crippen molar-refractivity contribution in [3.05, 3.63) is 0 Å². The smallest absolute Gasteiger partial charge is 0.410 e. The number of carbonyl (C=O) groups is 1. The molecular formula is C18H35N3O2. The molecule has 2 heterocycles. The highest BCUT2D eigenvalue weighted by Crippen LogP contribution is 2.21. The topological polar surface area (TPSA) is 44.8 Å². The van der Waals surface area contributed by atoms with Gasteiger partial charge in [-0.15, -0.1) is 0 Å². The zero-order valence-electron chi connectivity index (χ0n) is 15.6. The highest BCUT2D eigenvalue weighted by molar-refractivity contribution is 5.68. The molecule has 2 aliphatic heterocycles. The summed E-state index contributed by atoms with van der Waals surface area (Å²) in [6.07, 6.45) is 3.46. The van der Waals surface area contributed by atoms with Crippen LogP contribution in [0.4, 0.5) is 4.79 Å². The van der Waals surface area contributed by atoms with E-state index >= 15 is 0 Å². The molecule has 0 bridgehead atoms. The van der Waals surface area contributed by atoms with Gasteiger partial charge in [-0.1, -0.05) is 6.92 Å². The molecule has 0 aromatic heterocycles. The largest absolute Gasteiger partial charge is 0.444 e. The summed E-state index contributed by atoms with van der Waals surface area (Å²) in [4.78, 5) is 16.5. The van der Waals surface area contributed by atoms with Crippen LogP contribution < -0.4 is 5.32 Å². The molecule has 3 unspecified atom stereocenters. The van der Waals surface area contributed by atoms with Crippen LogP contribution in [0.3, 0.4) is 0 Å². The SMILES string of the molecule is CCN1CCCC(C(C)NC2CCN(C(=O)OC(C)(C)C)C2)C1. The Labute approximate surface area is 141 Å². The predicted molar refractivity (Wildman–Crippen MR) is 93.6 cm³/mol. The number of piperidine rings is 1. The van der Waals surface area contributed by atoms with Gasteiger partial charge in [0, 0.05) is 31.7 Å². The van der Waals surface area contributed by atoms with E-state index in [-0.39, 0.29) is 6.09 Å². The van der Waals surface area contributed by atoms with Crippen LogP contribution in [0.25, 0.3) is 0 Å². The van der Waals surface area contributed by atoms with Gasteiger partial charge in [0.1, 0.15) is 5.60 Å². The molecule has 0 spiro atoms. The maximum Gasteiger partial charge on any atom is 0.410 e. The molecule has 0 saturated carbocycles. The third-order valence-corrected chi connectivity index (χ3v) is 5.03. The number of hydrogen-bond acceptors (Lipinski definition) is 4. The van der Waals surface area contributed by atoms with Gasteiger partial charge in [0.25, 0.3) is 0 Å². The third-order valence-electron chi connectivity index (χ3n) is 5.03. The summed E-state index contributed by atoms with van der Waals surface area (Å²) in [5.74, 6) is 0.722. The van der Waals surface area contributed by atoms with E-state index in [0.29, 0.717) is 12.1 Å². The van der Waals surface area contributed by atoms with Crippen LogP contribution in [0.15, 0.2) is 0 Å². The number of nitrogens with zero attached hydrogens (tertiary/aromatic N) is 2. The molecule has 2 saturated heterocycles. The van der Waals surface area contributed by atoms with E-state index < -0.39 is 5.60 Å². The van der Waals surface area contributed by atoms with Gasteiger partial charge in [-0.25, -0.2) is 4.79 Å². The Bertz CT molecular complexity index is 394. The fourth-order valence-corrected chi connectivity index (χ4v) is 3.68. The van der Waals surface area contributed by atoms with E-state index in [0.717, 1.165) is 32.0 Å². The molecule has 23 heavy (non-hydrogen) atoms. The number of carbonyl (C=O) groups excluding carboxylic acids is 1. The molecular weight excluding hydrogens is 290 g/mol. The summed E-state index contributed by atoms with van der Waals surface area (Å²) in [6.45, 7) is 15.5. The molecule has 2 fully saturated rings. The number of likely N-dealkylation sites (tertiary alicyclic amines) is 2. The first kappa shape index (κ1) is 18.5. The first-order valence-corrected chi connectivity index (χ1v) is 9.25. The molecule has 0 aromatic rings. The summed E-state index contributed by atoms with van der Waals surface area (Å²) < 4.78 is 5.47. The average molecular weight is 325 g/mol. The van der Waals surface area contributed by atoms with Crippen LogP contribution in [0.5, 0.6) is 0 Å². The Morgan fingerprint density at radius 1 is 1.26 bits per heavy atom. The van der Waals surface area contributed by atoms with Crippen LogP contribution in [-0.4, -0.2) is 66.3 Å². The van der Waals surface area contributed by atoms with Crippen molar-refractivity contribution < 1.29 is 9.53 Å². The fourth-order valence-electron chi connectivity index (χ4n) is 3.68. The molecule has 5 nitrogen and oxygen atoms in total. The summed E-state index contributed by atoms with van der Waals surface area (Å²) in [7, 11) is 0. The first-order valence-electron chi connectivity index (χ1n) is 9.25. The number of amides is 1. The summed E-state index contributed by atoms with van der Waals surface area (Å²) in [5.41, 5.74) is -0.415. The van der Waals surface area contributed by atoms with Crippen LogP contribution in [0, 0.1) is 5.92 Å². The van der Waals surface area contributed by atoms with Crippen LogP contribution in [-0.2, 0) is 4.74 Å². The maximum absolute atomic E-state index is 12.1. The van der Waals surface area contributed by atoms with Gasteiger partial charge in [-0.2, -0.15) is 0 Å². The lowest BCUT2D eigenvalue weighted by molar-refractivity contribution is 0.0289. The monoisotopic (exact) mass is 325 g/mol. The van der Waals surface area contributed by atoms with Crippen LogP contribution in [0.2, 0.25) is 0 Å². The predicted octanol–water partition coefficient (Wildman–Crippen LogP) is 2.71. The quantitative estimate of drug-likeness (QED) is 0.863. The van der Waals surface area contributed by atoms with Gasteiger partial charge >= 0.3 is 6.09 Å². The van der Waals surface area contributed by atoms with E-state index in [9.17, 15) is 4.79 Å². The minimum atomic E-state index is -0.415. The molecule has 0 aromatic carbocycles. The molecule has 2 aliphatic rings. The van der Waals surface area contributed by atoms with E-state index in [1.165, 1.54) is 25.9 Å². The minimum Gasteiger partial charge on any atom is -0.444 e. The maximum atomic E-state index is 12.1. The highest BCUT2D eigenvalue weighted by atomic mass is 16.6. The zero-order valence-corrected chi connectivity index (χ0v) is 15.6. The highest BCUT2D eigenvalue weighted by Gasteiger charge is 2.32. The van der Waals surface area contributed by atoms with Gasteiger partial charge in [0.2, 0.25) is 0 Å². The number of nitrogens with one attached hydrogen (secondary N) is 1. The first-order chi connectivity index (χ1) is 10.8. The zero-order chi connectivity index (χ0) is 17.0. The Morgan fingerprint density at radius 3 is 2.65 bits per heavy atom. The van der Waals surface area contributed by atoms with Crippen molar-refractivity contribution in [1.29, 1.82) is 0 Å². The standard InChI is InChI=1S/C18H35N3O2/c1-6-20-10-7-8-15(12-20)14(2)19-16-9-11-21(13-16)17(22)23-18(3,4)5/h14-16,19H,6-13H2,1-5H3. The lowest BCUT2D eigenvalue weighted by atomic mass is 9.91. The van der Waals surface area contributed by atoms with Gasteiger partial charge in [-0.05, 0) is 66.0 Å². The third kappa shape index (κ3) is 5.64. The summed E-state index contributed by atoms with van der Waals surface area (Å²) in [6, 6.07) is 0.905. The lowest BCUT2D eigenvalue weighted by Crippen LogP contribution is -2.48. The Balaban J connectivity index is 1.77. The number of rotatable bonds is 4. The Kier molecular flexibility index (Phi) is 6.32. The van der Waals surface area contributed by atoms with Crippen molar-refractivity contribution in [3.8, 4) is 0 Å². The second kappa shape index (κ2) is 7.84. The molecule has 0 radical (unpaired) electrons. The fraction of sp³-hybridized carbons (Fsp3) is 0.944. The van der Waals surface area contributed by atoms with Crippen molar-refractivity contribution in [2.75, 3.05) is 32.7 Å². The molecule has 5 heteroatoms. The molecule has 3 atom stereocenters. The van der Waals surface area contributed by atoms with E-state index in [1.807, 2.05) is 25.7 Å². The van der Waals surface area contributed by atoms with Crippen LogP contribution in [0.1, 0.15) is 53.9 Å². The van der Waals surface area contributed by atoms with Gasteiger partial charge < -0.3 is 19.9 Å². The second-order valence-corrected chi connectivity index (χ2v) is 8.16. The summed E-state index contributed by atoms with van der Waals surface area (Å²) >= 11 is 0.